The normalized spacial score (nSPS) is 11.0. The smallest absolute Gasteiger partial charge is 0.108 e. The number of nitrogens with one attached hydrogen (secondary N) is 1. The van der Waals surface area contributed by atoms with E-state index < -0.39 is 0 Å². The van der Waals surface area contributed by atoms with Crippen LogP contribution in [0.25, 0.3) is 10.9 Å². The van der Waals surface area contributed by atoms with Gasteiger partial charge in [-0.05, 0) is 40.4 Å². The van der Waals surface area contributed by atoms with Crippen LogP contribution in [-0.2, 0) is 6.42 Å². The fourth-order valence-electron chi connectivity index (χ4n) is 1.62. The summed E-state index contributed by atoms with van der Waals surface area (Å²) in [4.78, 5) is 7.51. The van der Waals surface area contributed by atoms with Crippen LogP contribution in [0.3, 0.4) is 0 Å². The van der Waals surface area contributed by atoms with Crippen LogP contribution < -0.4 is 0 Å². The van der Waals surface area contributed by atoms with Crippen molar-refractivity contribution < 1.29 is 0 Å². The Bertz CT molecular complexity index is 434. The molecule has 0 spiro atoms. The summed E-state index contributed by atoms with van der Waals surface area (Å²) in [6.07, 6.45) is 7.63. The van der Waals surface area contributed by atoms with Gasteiger partial charge in [0.15, 0.2) is 0 Å². The molecule has 0 aliphatic rings. The molecule has 0 radical (unpaired) electrons. The summed E-state index contributed by atoms with van der Waals surface area (Å²) in [6.45, 7) is 2.21. The number of aromatic nitrogens is 2. The van der Waals surface area contributed by atoms with Crippen LogP contribution in [-0.4, -0.2) is 9.97 Å². The number of pyridine rings is 1. The predicted octanol–water partition coefficient (Wildman–Crippen LogP) is 3.67. The van der Waals surface area contributed by atoms with Gasteiger partial charge in [-0.1, -0.05) is 13.3 Å². The minimum absolute atomic E-state index is 0.883. The highest BCUT2D eigenvalue weighted by Gasteiger charge is 2.03. The van der Waals surface area contributed by atoms with Crippen molar-refractivity contribution in [1.29, 1.82) is 0 Å². The van der Waals surface area contributed by atoms with Crippen LogP contribution in [0.4, 0.5) is 0 Å². The van der Waals surface area contributed by atoms with Crippen molar-refractivity contribution in [3.8, 4) is 0 Å². The Kier molecular flexibility index (Phi) is 2.87. The van der Waals surface area contributed by atoms with Gasteiger partial charge in [-0.15, -0.1) is 0 Å². The highest BCUT2D eigenvalue weighted by molar-refractivity contribution is 9.10. The van der Waals surface area contributed by atoms with Gasteiger partial charge in [-0.3, -0.25) is 0 Å². The van der Waals surface area contributed by atoms with Gasteiger partial charge in [0.1, 0.15) is 4.60 Å². The van der Waals surface area contributed by atoms with Crippen molar-refractivity contribution in [2.45, 2.75) is 26.2 Å². The molecule has 0 aliphatic carbocycles. The fraction of sp³-hybridized carbons (Fsp3) is 0.364. The molecule has 0 aromatic carbocycles. The lowest BCUT2D eigenvalue weighted by atomic mass is 10.1. The van der Waals surface area contributed by atoms with E-state index in [0.717, 1.165) is 16.5 Å². The summed E-state index contributed by atoms with van der Waals surface area (Å²) in [5.41, 5.74) is 2.54. The Hall–Kier alpha value is -0.830. The number of aryl methyl sites for hydroxylation is 1. The number of fused-ring (bicyclic) bond motifs is 1. The lowest BCUT2D eigenvalue weighted by Crippen LogP contribution is -1.82. The highest BCUT2D eigenvalue weighted by atomic mass is 79.9. The predicted molar refractivity (Wildman–Crippen MR) is 62.4 cm³/mol. The third-order valence-corrected chi connectivity index (χ3v) is 2.85. The van der Waals surface area contributed by atoms with E-state index in [1.807, 2.05) is 12.3 Å². The summed E-state index contributed by atoms with van der Waals surface area (Å²) in [5, 5.41) is 1.25. The van der Waals surface area contributed by atoms with Gasteiger partial charge in [0.25, 0.3) is 0 Å². The summed E-state index contributed by atoms with van der Waals surface area (Å²) in [6, 6.07) is 2.02. The molecular formula is C11H13BrN2. The van der Waals surface area contributed by atoms with Gasteiger partial charge in [0.05, 0.1) is 0 Å². The number of aromatic amines is 1. The number of H-pyrrole nitrogens is 1. The summed E-state index contributed by atoms with van der Waals surface area (Å²) < 4.78 is 0.883. The van der Waals surface area contributed by atoms with Crippen LogP contribution in [0.1, 0.15) is 25.3 Å². The average molecular weight is 253 g/mol. The van der Waals surface area contributed by atoms with Crippen molar-refractivity contribution in [2.24, 2.45) is 0 Å². The first kappa shape index (κ1) is 9.71. The molecule has 2 aromatic rings. The molecule has 2 nitrogen and oxygen atoms in total. The standard InChI is InChI=1S/C11H13BrN2/c1-2-3-4-8-6-13-10-5-11(12)14-7-9(8)10/h5-7,13H,2-4H2,1H3. The van der Waals surface area contributed by atoms with E-state index in [2.05, 4.69) is 39.0 Å². The number of rotatable bonds is 3. The number of nitrogens with zero attached hydrogens (tertiary/aromatic N) is 1. The zero-order chi connectivity index (χ0) is 9.97. The Balaban J connectivity index is 2.37. The topological polar surface area (TPSA) is 28.7 Å². The third-order valence-electron chi connectivity index (χ3n) is 2.42. The Morgan fingerprint density at radius 1 is 1.50 bits per heavy atom. The first-order valence-corrected chi connectivity index (χ1v) is 5.72. The average Bonchev–Trinajstić information content (AvgIpc) is 2.57. The number of hydrogen-bond acceptors (Lipinski definition) is 1. The largest absolute Gasteiger partial charge is 0.361 e. The molecule has 14 heavy (non-hydrogen) atoms. The molecule has 0 atom stereocenters. The van der Waals surface area contributed by atoms with Crippen molar-refractivity contribution in [3.63, 3.8) is 0 Å². The molecular weight excluding hydrogens is 240 g/mol. The Morgan fingerprint density at radius 2 is 2.36 bits per heavy atom. The number of unbranched alkanes of at least 4 members (excludes halogenated alkanes) is 1. The highest BCUT2D eigenvalue weighted by Crippen LogP contribution is 2.21. The van der Waals surface area contributed by atoms with E-state index in [1.165, 1.54) is 23.8 Å². The molecule has 0 saturated heterocycles. The second-order valence-corrected chi connectivity index (χ2v) is 4.28. The second kappa shape index (κ2) is 4.13. The molecule has 0 saturated carbocycles. The molecule has 2 heterocycles. The number of halogens is 1. The van der Waals surface area contributed by atoms with Gasteiger partial charge in [0.2, 0.25) is 0 Å². The van der Waals surface area contributed by atoms with E-state index in [0.29, 0.717) is 0 Å². The van der Waals surface area contributed by atoms with Crippen LogP contribution in [0.5, 0.6) is 0 Å². The molecule has 0 aliphatic heterocycles. The summed E-state index contributed by atoms with van der Waals surface area (Å²) in [5.74, 6) is 0. The Labute approximate surface area is 91.9 Å². The third kappa shape index (κ3) is 1.82. The quantitative estimate of drug-likeness (QED) is 0.830. The van der Waals surface area contributed by atoms with Crippen molar-refractivity contribution >= 4 is 26.8 Å². The first-order valence-electron chi connectivity index (χ1n) is 4.92. The van der Waals surface area contributed by atoms with E-state index in [4.69, 9.17) is 0 Å². The molecule has 0 fully saturated rings. The lowest BCUT2D eigenvalue weighted by Gasteiger charge is -1.96. The van der Waals surface area contributed by atoms with Crippen molar-refractivity contribution in [1.82, 2.24) is 9.97 Å². The van der Waals surface area contributed by atoms with Gasteiger partial charge >= 0.3 is 0 Å². The Morgan fingerprint density at radius 3 is 3.14 bits per heavy atom. The van der Waals surface area contributed by atoms with E-state index in [-0.39, 0.29) is 0 Å². The maximum atomic E-state index is 4.24. The maximum absolute atomic E-state index is 4.24. The minimum Gasteiger partial charge on any atom is -0.361 e. The van der Waals surface area contributed by atoms with E-state index in [1.54, 1.807) is 0 Å². The monoisotopic (exact) mass is 252 g/mol. The fourth-order valence-corrected chi connectivity index (χ4v) is 1.95. The van der Waals surface area contributed by atoms with Crippen LogP contribution in [0.2, 0.25) is 0 Å². The maximum Gasteiger partial charge on any atom is 0.108 e. The van der Waals surface area contributed by atoms with Crippen molar-refractivity contribution in [3.05, 3.63) is 28.6 Å². The van der Waals surface area contributed by atoms with E-state index in [9.17, 15) is 0 Å². The summed E-state index contributed by atoms with van der Waals surface area (Å²) in [7, 11) is 0. The van der Waals surface area contributed by atoms with Crippen LogP contribution >= 0.6 is 15.9 Å². The van der Waals surface area contributed by atoms with Crippen LogP contribution in [0.15, 0.2) is 23.1 Å². The second-order valence-electron chi connectivity index (χ2n) is 3.47. The SMILES string of the molecule is CCCCc1c[nH]c2cc(Br)ncc12. The molecule has 2 rings (SSSR count). The van der Waals surface area contributed by atoms with Gasteiger partial charge in [-0.25, -0.2) is 4.98 Å². The molecule has 0 unspecified atom stereocenters. The zero-order valence-corrected chi connectivity index (χ0v) is 9.76. The van der Waals surface area contributed by atoms with Crippen LogP contribution in [0, 0.1) is 0 Å². The van der Waals surface area contributed by atoms with E-state index >= 15 is 0 Å². The molecule has 1 N–H and O–H groups in total. The van der Waals surface area contributed by atoms with Gasteiger partial charge in [0, 0.05) is 23.3 Å². The molecule has 3 heteroatoms. The molecule has 2 aromatic heterocycles. The van der Waals surface area contributed by atoms with Crippen molar-refractivity contribution in [2.75, 3.05) is 0 Å². The zero-order valence-electron chi connectivity index (χ0n) is 8.18. The first-order chi connectivity index (χ1) is 6.81. The minimum atomic E-state index is 0.883. The molecule has 0 bridgehead atoms. The molecule has 74 valence electrons. The van der Waals surface area contributed by atoms with Gasteiger partial charge < -0.3 is 4.98 Å². The summed E-state index contributed by atoms with van der Waals surface area (Å²) >= 11 is 3.36. The molecule has 0 amide bonds. The number of hydrogen-bond donors (Lipinski definition) is 1. The lowest BCUT2D eigenvalue weighted by molar-refractivity contribution is 0.798. The van der Waals surface area contributed by atoms with Gasteiger partial charge in [-0.2, -0.15) is 0 Å².